The van der Waals surface area contributed by atoms with Crippen molar-refractivity contribution < 1.29 is 14.3 Å². The molecular weight excluding hydrogens is 316 g/mol. The van der Waals surface area contributed by atoms with Crippen LogP contribution >= 0.6 is 0 Å². The highest BCUT2D eigenvalue weighted by Crippen LogP contribution is 2.25. The Labute approximate surface area is 147 Å². The van der Waals surface area contributed by atoms with Gasteiger partial charge in [0.05, 0.1) is 7.11 Å². The van der Waals surface area contributed by atoms with Gasteiger partial charge in [0.25, 0.3) is 0 Å². The van der Waals surface area contributed by atoms with Crippen LogP contribution in [0.4, 0.5) is 0 Å². The maximum absolute atomic E-state index is 12.8. The van der Waals surface area contributed by atoms with E-state index in [0.29, 0.717) is 25.9 Å². The minimum absolute atomic E-state index is 0.0189. The lowest BCUT2D eigenvalue weighted by atomic mass is 10.0. The van der Waals surface area contributed by atoms with E-state index in [-0.39, 0.29) is 11.8 Å². The van der Waals surface area contributed by atoms with Crippen LogP contribution in [-0.4, -0.2) is 36.9 Å². The van der Waals surface area contributed by atoms with E-state index in [9.17, 15) is 9.59 Å². The standard InChI is InChI=1S/C20H22N2O3/c1-25-17-10-6-5-7-15(17)11-12-18(23)22-14-13-21-20(24)19(22)16-8-3-2-4-9-16/h2-10,19H,11-14H2,1H3,(H,21,24). The molecule has 1 aliphatic heterocycles. The zero-order chi connectivity index (χ0) is 17.6. The predicted molar refractivity (Wildman–Crippen MR) is 95.2 cm³/mol. The number of hydrogen-bond donors (Lipinski definition) is 1. The number of benzene rings is 2. The van der Waals surface area contributed by atoms with Crippen molar-refractivity contribution in [3.63, 3.8) is 0 Å². The highest BCUT2D eigenvalue weighted by Gasteiger charge is 2.33. The van der Waals surface area contributed by atoms with E-state index in [4.69, 9.17) is 4.74 Å². The van der Waals surface area contributed by atoms with Crippen molar-refractivity contribution in [2.45, 2.75) is 18.9 Å². The monoisotopic (exact) mass is 338 g/mol. The van der Waals surface area contributed by atoms with Crippen LogP contribution in [-0.2, 0) is 16.0 Å². The Morgan fingerprint density at radius 3 is 2.64 bits per heavy atom. The van der Waals surface area contributed by atoms with Crippen molar-refractivity contribution in [1.29, 1.82) is 0 Å². The molecule has 0 bridgehead atoms. The molecular formula is C20H22N2O3. The SMILES string of the molecule is COc1ccccc1CCC(=O)N1CCNC(=O)C1c1ccccc1. The average molecular weight is 338 g/mol. The summed E-state index contributed by atoms with van der Waals surface area (Å²) in [5.74, 6) is 0.643. The zero-order valence-corrected chi connectivity index (χ0v) is 14.3. The summed E-state index contributed by atoms with van der Waals surface area (Å²) in [6, 6.07) is 16.6. The summed E-state index contributed by atoms with van der Waals surface area (Å²) in [4.78, 5) is 26.8. The van der Waals surface area contributed by atoms with Gasteiger partial charge < -0.3 is 15.0 Å². The van der Waals surface area contributed by atoms with Crippen molar-refractivity contribution in [2.24, 2.45) is 0 Å². The number of nitrogens with one attached hydrogen (secondary N) is 1. The lowest BCUT2D eigenvalue weighted by Gasteiger charge is -2.35. The van der Waals surface area contributed by atoms with Gasteiger partial charge in [-0.1, -0.05) is 48.5 Å². The smallest absolute Gasteiger partial charge is 0.247 e. The molecule has 25 heavy (non-hydrogen) atoms. The Hall–Kier alpha value is -2.82. The van der Waals surface area contributed by atoms with Gasteiger partial charge in [-0.3, -0.25) is 9.59 Å². The van der Waals surface area contributed by atoms with Crippen molar-refractivity contribution in [3.8, 4) is 5.75 Å². The molecule has 2 aromatic carbocycles. The second-order valence-electron chi connectivity index (χ2n) is 6.00. The number of hydrogen-bond acceptors (Lipinski definition) is 3. The molecule has 130 valence electrons. The highest BCUT2D eigenvalue weighted by atomic mass is 16.5. The van der Waals surface area contributed by atoms with Crippen LogP contribution in [0, 0.1) is 0 Å². The molecule has 1 N–H and O–H groups in total. The van der Waals surface area contributed by atoms with E-state index in [1.807, 2.05) is 54.6 Å². The lowest BCUT2D eigenvalue weighted by molar-refractivity contribution is -0.143. The molecule has 1 atom stereocenters. The molecule has 1 heterocycles. The molecule has 0 radical (unpaired) electrons. The largest absolute Gasteiger partial charge is 0.496 e. The fourth-order valence-electron chi connectivity index (χ4n) is 3.20. The minimum Gasteiger partial charge on any atom is -0.496 e. The lowest BCUT2D eigenvalue weighted by Crippen LogP contribution is -2.52. The second-order valence-corrected chi connectivity index (χ2v) is 6.00. The molecule has 0 aromatic heterocycles. The Bertz CT molecular complexity index is 746. The molecule has 0 saturated carbocycles. The molecule has 2 aromatic rings. The second kappa shape index (κ2) is 7.83. The van der Waals surface area contributed by atoms with Crippen LogP contribution in [0.2, 0.25) is 0 Å². The third-order valence-corrected chi connectivity index (χ3v) is 4.45. The van der Waals surface area contributed by atoms with Gasteiger partial charge in [-0.15, -0.1) is 0 Å². The molecule has 1 unspecified atom stereocenters. The molecule has 5 nitrogen and oxygen atoms in total. The van der Waals surface area contributed by atoms with Crippen molar-refractivity contribution >= 4 is 11.8 Å². The van der Waals surface area contributed by atoms with Crippen LogP contribution in [0.3, 0.4) is 0 Å². The molecule has 1 aliphatic rings. The summed E-state index contributed by atoms with van der Waals surface area (Å²) in [7, 11) is 1.63. The van der Waals surface area contributed by atoms with Crippen molar-refractivity contribution in [1.82, 2.24) is 10.2 Å². The number of piperazine rings is 1. The Kier molecular flexibility index (Phi) is 5.33. The topological polar surface area (TPSA) is 58.6 Å². The molecule has 1 saturated heterocycles. The van der Waals surface area contributed by atoms with Crippen LogP contribution in [0.25, 0.3) is 0 Å². The molecule has 3 rings (SSSR count). The summed E-state index contributed by atoms with van der Waals surface area (Å²) in [6.45, 7) is 1.01. The Morgan fingerprint density at radius 1 is 1.16 bits per heavy atom. The van der Waals surface area contributed by atoms with Gasteiger partial charge in [0.15, 0.2) is 0 Å². The Balaban J connectivity index is 1.74. The van der Waals surface area contributed by atoms with Crippen LogP contribution < -0.4 is 10.1 Å². The van der Waals surface area contributed by atoms with Crippen molar-refractivity contribution in [3.05, 3.63) is 65.7 Å². The fourth-order valence-corrected chi connectivity index (χ4v) is 3.20. The maximum Gasteiger partial charge on any atom is 0.247 e. The summed E-state index contributed by atoms with van der Waals surface area (Å²) in [5.41, 5.74) is 1.83. The predicted octanol–water partition coefficient (Wildman–Crippen LogP) is 2.33. The van der Waals surface area contributed by atoms with E-state index in [1.54, 1.807) is 12.0 Å². The first-order valence-corrected chi connectivity index (χ1v) is 8.44. The van der Waals surface area contributed by atoms with Gasteiger partial charge in [0.1, 0.15) is 11.8 Å². The van der Waals surface area contributed by atoms with Gasteiger partial charge >= 0.3 is 0 Å². The van der Waals surface area contributed by atoms with Gasteiger partial charge in [0.2, 0.25) is 11.8 Å². The number of carbonyl (C=O) groups excluding carboxylic acids is 2. The van der Waals surface area contributed by atoms with Crippen LogP contribution in [0.15, 0.2) is 54.6 Å². The number of aryl methyl sites for hydroxylation is 1. The quantitative estimate of drug-likeness (QED) is 0.910. The van der Waals surface area contributed by atoms with Crippen molar-refractivity contribution in [2.75, 3.05) is 20.2 Å². The molecule has 2 amide bonds. The molecule has 5 heteroatoms. The van der Waals surface area contributed by atoms with E-state index < -0.39 is 6.04 Å². The number of methoxy groups -OCH3 is 1. The highest BCUT2D eigenvalue weighted by molar-refractivity contribution is 5.89. The first kappa shape index (κ1) is 17.0. The normalized spacial score (nSPS) is 17.1. The number of ether oxygens (including phenoxy) is 1. The van der Waals surface area contributed by atoms with Crippen LogP contribution in [0.1, 0.15) is 23.6 Å². The number of para-hydroxylation sites is 1. The third kappa shape index (κ3) is 3.82. The van der Waals surface area contributed by atoms with E-state index >= 15 is 0 Å². The number of nitrogens with zero attached hydrogens (tertiary/aromatic N) is 1. The average Bonchev–Trinajstić information content (AvgIpc) is 2.66. The third-order valence-electron chi connectivity index (χ3n) is 4.45. The number of rotatable bonds is 5. The summed E-state index contributed by atoms with van der Waals surface area (Å²) < 4.78 is 5.34. The molecule has 0 spiro atoms. The minimum atomic E-state index is -0.555. The van der Waals surface area contributed by atoms with E-state index in [2.05, 4.69) is 5.32 Å². The summed E-state index contributed by atoms with van der Waals surface area (Å²) >= 11 is 0. The number of amides is 2. The fraction of sp³-hybridized carbons (Fsp3) is 0.300. The first-order valence-electron chi connectivity index (χ1n) is 8.44. The summed E-state index contributed by atoms with van der Waals surface area (Å²) in [6.07, 6.45) is 0.930. The Morgan fingerprint density at radius 2 is 1.88 bits per heavy atom. The molecule has 0 aliphatic carbocycles. The molecule has 1 fully saturated rings. The van der Waals surface area contributed by atoms with E-state index in [0.717, 1.165) is 16.9 Å². The van der Waals surface area contributed by atoms with Gasteiger partial charge in [-0.2, -0.15) is 0 Å². The summed E-state index contributed by atoms with van der Waals surface area (Å²) in [5, 5.41) is 2.85. The first-order chi connectivity index (χ1) is 12.2. The van der Waals surface area contributed by atoms with Gasteiger partial charge in [-0.25, -0.2) is 0 Å². The maximum atomic E-state index is 12.8. The van der Waals surface area contributed by atoms with Gasteiger partial charge in [0, 0.05) is 19.5 Å². The van der Waals surface area contributed by atoms with Gasteiger partial charge in [-0.05, 0) is 23.6 Å². The number of carbonyl (C=O) groups is 2. The van der Waals surface area contributed by atoms with Crippen LogP contribution in [0.5, 0.6) is 5.75 Å². The zero-order valence-electron chi connectivity index (χ0n) is 14.3. The van der Waals surface area contributed by atoms with E-state index in [1.165, 1.54) is 0 Å².